The van der Waals surface area contributed by atoms with E-state index in [2.05, 4.69) is 19.1 Å². The standard InChI is InChI=1S/C18H34O3.K/c1-2-3-4-11-14-17(19)15-12-9-7-5-6-8-10-13-16-18(20)21;/h9,12,17,19H,2-8,10-11,13-16H2,1H3,(H,20,21);/q;+1/p-1/b12-9-;. The van der Waals surface area contributed by atoms with Gasteiger partial charge in [0.2, 0.25) is 0 Å². The minimum Gasteiger partial charge on any atom is -0.550 e. The summed E-state index contributed by atoms with van der Waals surface area (Å²) in [6.45, 7) is 2.20. The Kier molecular flexibility index (Phi) is 22.6. The Hall–Kier alpha value is 0.806. The third-order valence-electron chi connectivity index (χ3n) is 3.72. The molecule has 0 aromatic rings. The number of carboxylic acid groups (broad SMARTS) is 1. The summed E-state index contributed by atoms with van der Waals surface area (Å²) in [4.78, 5) is 10.2. The maximum Gasteiger partial charge on any atom is 1.00 e. The monoisotopic (exact) mass is 336 g/mol. The van der Waals surface area contributed by atoms with Crippen molar-refractivity contribution in [3.05, 3.63) is 12.2 Å². The van der Waals surface area contributed by atoms with E-state index < -0.39 is 5.97 Å². The summed E-state index contributed by atoms with van der Waals surface area (Å²) in [5.41, 5.74) is 0. The molecule has 1 N–H and O–H groups in total. The van der Waals surface area contributed by atoms with Crippen LogP contribution < -0.4 is 56.5 Å². The first-order valence-corrected chi connectivity index (χ1v) is 8.69. The van der Waals surface area contributed by atoms with Crippen molar-refractivity contribution in [2.24, 2.45) is 0 Å². The van der Waals surface area contributed by atoms with Crippen LogP contribution in [-0.2, 0) is 4.79 Å². The molecule has 0 heterocycles. The van der Waals surface area contributed by atoms with Crippen LogP contribution in [0.2, 0.25) is 0 Å². The first-order valence-electron chi connectivity index (χ1n) is 8.69. The fourth-order valence-electron chi connectivity index (χ4n) is 2.36. The Labute approximate surface area is 179 Å². The summed E-state index contributed by atoms with van der Waals surface area (Å²) in [7, 11) is 0. The molecule has 0 saturated carbocycles. The number of allylic oxidation sites excluding steroid dienone is 1. The van der Waals surface area contributed by atoms with Crippen molar-refractivity contribution in [3.8, 4) is 0 Å². The van der Waals surface area contributed by atoms with Gasteiger partial charge < -0.3 is 15.0 Å². The Bertz CT molecular complexity index is 267. The van der Waals surface area contributed by atoms with Crippen LogP contribution >= 0.6 is 0 Å². The molecular weight excluding hydrogens is 303 g/mol. The molecule has 0 saturated heterocycles. The third kappa shape index (κ3) is 20.8. The Balaban J connectivity index is 0. The van der Waals surface area contributed by atoms with Crippen LogP contribution in [0.3, 0.4) is 0 Å². The largest absolute Gasteiger partial charge is 1.00 e. The molecule has 0 aromatic carbocycles. The van der Waals surface area contributed by atoms with Gasteiger partial charge in [-0.3, -0.25) is 0 Å². The molecule has 0 rings (SSSR count). The molecule has 0 amide bonds. The summed E-state index contributed by atoms with van der Waals surface area (Å²) in [5.74, 6) is -0.939. The normalized spacial score (nSPS) is 12.3. The topological polar surface area (TPSA) is 60.4 Å². The molecule has 3 nitrogen and oxygen atoms in total. The molecule has 4 heteroatoms. The van der Waals surface area contributed by atoms with Crippen molar-refractivity contribution >= 4 is 5.97 Å². The third-order valence-corrected chi connectivity index (χ3v) is 3.72. The van der Waals surface area contributed by atoms with E-state index in [1.165, 1.54) is 19.3 Å². The zero-order valence-corrected chi connectivity index (χ0v) is 17.8. The second-order valence-corrected chi connectivity index (χ2v) is 5.89. The minimum atomic E-state index is -0.939. The van der Waals surface area contributed by atoms with Gasteiger partial charge in [-0.2, -0.15) is 0 Å². The van der Waals surface area contributed by atoms with Gasteiger partial charge in [0.05, 0.1) is 6.10 Å². The first-order chi connectivity index (χ1) is 10.2. The molecule has 1 atom stereocenters. The average molecular weight is 337 g/mol. The van der Waals surface area contributed by atoms with Gasteiger partial charge in [0, 0.05) is 5.97 Å². The summed E-state index contributed by atoms with van der Waals surface area (Å²) in [6.07, 6.45) is 17.0. The Morgan fingerprint density at radius 2 is 1.64 bits per heavy atom. The number of carbonyl (C=O) groups is 1. The zero-order valence-electron chi connectivity index (χ0n) is 14.7. The van der Waals surface area contributed by atoms with Crippen molar-refractivity contribution in [2.45, 2.75) is 96.5 Å². The fourth-order valence-corrected chi connectivity index (χ4v) is 2.36. The number of carbonyl (C=O) groups excluding carboxylic acids is 1. The van der Waals surface area contributed by atoms with Gasteiger partial charge in [-0.15, -0.1) is 0 Å². The van der Waals surface area contributed by atoms with Crippen molar-refractivity contribution < 1.29 is 66.4 Å². The number of unbranched alkanes of at least 4 members (excludes halogenated alkanes) is 8. The van der Waals surface area contributed by atoms with E-state index in [0.29, 0.717) is 0 Å². The number of rotatable bonds is 15. The summed E-state index contributed by atoms with van der Waals surface area (Å²) in [6, 6.07) is 0. The molecule has 22 heavy (non-hydrogen) atoms. The fraction of sp³-hybridized carbons (Fsp3) is 0.833. The van der Waals surface area contributed by atoms with Crippen molar-refractivity contribution in [1.82, 2.24) is 0 Å². The molecule has 0 radical (unpaired) electrons. The number of carboxylic acids is 1. The number of aliphatic hydroxyl groups is 1. The SMILES string of the molecule is CCCCCCC(O)C/C=C\CCCCCCCC(=O)[O-].[K+]. The molecule has 0 fully saturated rings. The average Bonchev–Trinajstić information content (AvgIpc) is 2.45. The van der Waals surface area contributed by atoms with Crippen molar-refractivity contribution in [1.29, 1.82) is 0 Å². The minimum absolute atomic E-state index is 0. The van der Waals surface area contributed by atoms with E-state index in [0.717, 1.165) is 57.8 Å². The first kappa shape index (κ1) is 25.1. The smallest absolute Gasteiger partial charge is 0.550 e. The number of hydrogen-bond acceptors (Lipinski definition) is 3. The van der Waals surface area contributed by atoms with Crippen molar-refractivity contribution in [3.63, 3.8) is 0 Å². The van der Waals surface area contributed by atoms with E-state index in [9.17, 15) is 15.0 Å². The maximum atomic E-state index is 10.2. The number of hydrogen-bond donors (Lipinski definition) is 1. The van der Waals surface area contributed by atoms with Gasteiger partial charge in [0.15, 0.2) is 0 Å². The molecule has 1 unspecified atom stereocenters. The van der Waals surface area contributed by atoms with Gasteiger partial charge in [-0.05, 0) is 38.5 Å². The molecule has 0 spiro atoms. The molecule has 124 valence electrons. The van der Waals surface area contributed by atoms with E-state index in [4.69, 9.17) is 0 Å². The predicted molar refractivity (Wildman–Crippen MR) is 85.8 cm³/mol. The van der Waals surface area contributed by atoms with Crippen molar-refractivity contribution in [2.75, 3.05) is 0 Å². The van der Waals surface area contributed by atoms with Crippen LogP contribution in [0, 0.1) is 0 Å². The summed E-state index contributed by atoms with van der Waals surface area (Å²) >= 11 is 0. The summed E-state index contributed by atoms with van der Waals surface area (Å²) < 4.78 is 0. The summed E-state index contributed by atoms with van der Waals surface area (Å²) in [5, 5.41) is 20.0. The van der Waals surface area contributed by atoms with Crippen LogP contribution in [0.1, 0.15) is 90.4 Å². The quantitative estimate of drug-likeness (QED) is 0.273. The van der Waals surface area contributed by atoms with Gasteiger partial charge in [0.1, 0.15) is 0 Å². The second kappa shape index (κ2) is 19.9. The molecule has 0 aromatic heterocycles. The van der Waals surface area contributed by atoms with E-state index >= 15 is 0 Å². The molecular formula is C18H33KO3. The van der Waals surface area contributed by atoms with Crippen LogP contribution in [0.15, 0.2) is 12.2 Å². The second-order valence-electron chi connectivity index (χ2n) is 5.89. The Morgan fingerprint density at radius 1 is 1.00 bits per heavy atom. The predicted octanol–water partition coefficient (Wildman–Crippen LogP) is 0.749. The van der Waals surface area contributed by atoms with Gasteiger partial charge in [-0.25, -0.2) is 0 Å². The van der Waals surface area contributed by atoms with Crippen LogP contribution in [0.5, 0.6) is 0 Å². The molecule has 0 bridgehead atoms. The van der Waals surface area contributed by atoms with E-state index in [1.54, 1.807) is 0 Å². The van der Waals surface area contributed by atoms with Crippen LogP contribution in [0.25, 0.3) is 0 Å². The molecule has 0 aliphatic rings. The molecule has 0 aliphatic heterocycles. The van der Waals surface area contributed by atoms with Gasteiger partial charge in [-0.1, -0.05) is 64.0 Å². The Morgan fingerprint density at radius 3 is 2.32 bits per heavy atom. The maximum absolute atomic E-state index is 10.2. The van der Waals surface area contributed by atoms with Crippen LogP contribution in [-0.4, -0.2) is 17.2 Å². The van der Waals surface area contributed by atoms with Gasteiger partial charge in [0.25, 0.3) is 0 Å². The zero-order chi connectivity index (χ0) is 15.8. The van der Waals surface area contributed by atoms with Crippen LogP contribution in [0.4, 0.5) is 0 Å². The van der Waals surface area contributed by atoms with E-state index in [1.807, 2.05) is 0 Å². The number of aliphatic hydroxyl groups excluding tert-OH is 1. The molecule has 0 aliphatic carbocycles. The van der Waals surface area contributed by atoms with Gasteiger partial charge >= 0.3 is 51.4 Å². The number of aliphatic carboxylic acids is 1. The van der Waals surface area contributed by atoms with E-state index in [-0.39, 0.29) is 63.9 Å².